The molecule has 0 spiro atoms. The standard InChI is InChI=1S/C10H12N4O/c1-8(9-3-2-4-11-5-9)12-6-10-13-7-15-14-10/h2-5,7-8,12H,6H2,1H3. The summed E-state index contributed by atoms with van der Waals surface area (Å²) in [7, 11) is 0. The summed E-state index contributed by atoms with van der Waals surface area (Å²) in [6.45, 7) is 2.66. The maximum Gasteiger partial charge on any atom is 0.213 e. The van der Waals surface area contributed by atoms with E-state index in [9.17, 15) is 0 Å². The lowest BCUT2D eigenvalue weighted by molar-refractivity contribution is 0.405. The Hall–Kier alpha value is -1.75. The Labute approximate surface area is 87.5 Å². The lowest BCUT2D eigenvalue weighted by Gasteiger charge is -2.11. The van der Waals surface area contributed by atoms with Crippen molar-refractivity contribution in [2.45, 2.75) is 19.5 Å². The molecule has 0 saturated heterocycles. The van der Waals surface area contributed by atoms with Gasteiger partial charge >= 0.3 is 0 Å². The normalized spacial score (nSPS) is 12.6. The molecule has 0 fully saturated rings. The van der Waals surface area contributed by atoms with Crippen molar-refractivity contribution in [3.05, 3.63) is 42.3 Å². The third kappa shape index (κ3) is 2.60. The SMILES string of the molecule is CC(NCc1ncon1)c1cccnc1. The van der Waals surface area contributed by atoms with Crippen molar-refractivity contribution in [1.82, 2.24) is 20.4 Å². The molecular weight excluding hydrogens is 192 g/mol. The monoisotopic (exact) mass is 204 g/mol. The van der Waals surface area contributed by atoms with E-state index in [1.807, 2.05) is 18.3 Å². The van der Waals surface area contributed by atoms with E-state index in [4.69, 9.17) is 0 Å². The van der Waals surface area contributed by atoms with Crippen molar-refractivity contribution in [3.63, 3.8) is 0 Å². The maximum atomic E-state index is 4.64. The number of hydrogen-bond donors (Lipinski definition) is 1. The molecule has 2 rings (SSSR count). The van der Waals surface area contributed by atoms with Crippen LogP contribution in [0.15, 0.2) is 35.4 Å². The second-order valence-corrected chi connectivity index (χ2v) is 3.24. The van der Waals surface area contributed by atoms with Crippen LogP contribution in [0.2, 0.25) is 0 Å². The molecule has 1 atom stereocenters. The fraction of sp³-hybridized carbons (Fsp3) is 0.300. The highest BCUT2D eigenvalue weighted by Crippen LogP contribution is 2.09. The minimum Gasteiger partial charge on any atom is -0.343 e. The first-order chi connectivity index (χ1) is 7.36. The Kier molecular flexibility index (Phi) is 3.04. The topological polar surface area (TPSA) is 63.8 Å². The van der Waals surface area contributed by atoms with Crippen LogP contribution in [0, 0.1) is 0 Å². The lowest BCUT2D eigenvalue weighted by atomic mass is 10.1. The number of aromatic nitrogens is 3. The smallest absolute Gasteiger partial charge is 0.213 e. The van der Waals surface area contributed by atoms with Crippen molar-refractivity contribution in [3.8, 4) is 0 Å². The van der Waals surface area contributed by atoms with Gasteiger partial charge in [-0.25, -0.2) is 0 Å². The first-order valence-electron chi connectivity index (χ1n) is 4.75. The summed E-state index contributed by atoms with van der Waals surface area (Å²) in [5.74, 6) is 0.658. The molecule has 2 aromatic heterocycles. The van der Waals surface area contributed by atoms with Crippen LogP contribution in [0.25, 0.3) is 0 Å². The van der Waals surface area contributed by atoms with Gasteiger partial charge in [-0.3, -0.25) is 4.98 Å². The molecule has 5 nitrogen and oxygen atoms in total. The van der Waals surface area contributed by atoms with Crippen molar-refractivity contribution in [2.75, 3.05) is 0 Å². The van der Waals surface area contributed by atoms with Crippen LogP contribution in [-0.2, 0) is 6.54 Å². The van der Waals surface area contributed by atoms with Crippen LogP contribution in [0.1, 0.15) is 24.4 Å². The summed E-state index contributed by atoms with van der Waals surface area (Å²) < 4.78 is 4.64. The lowest BCUT2D eigenvalue weighted by Crippen LogP contribution is -2.18. The van der Waals surface area contributed by atoms with Gasteiger partial charge in [-0.15, -0.1) is 0 Å². The first kappa shape index (κ1) is 9.79. The molecule has 78 valence electrons. The van der Waals surface area contributed by atoms with Gasteiger partial charge in [-0.1, -0.05) is 11.2 Å². The average Bonchev–Trinajstić information content (AvgIpc) is 2.80. The number of hydrogen-bond acceptors (Lipinski definition) is 5. The molecule has 1 N–H and O–H groups in total. The molecule has 0 bridgehead atoms. The van der Waals surface area contributed by atoms with Gasteiger partial charge < -0.3 is 9.84 Å². The summed E-state index contributed by atoms with van der Waals surface area (Å²) in [6.07, 6.45) is 4.93. The van der Waals surface area contributed by atoms with E-state index >= 15 is 0 Å². The molecule has 0 aromatic carbocycles. The van der Waals surface area contributed by atoms with Gasteiger partial charge in [-0.2, -0.15) is 4.98 Å². The maximum absolute atomic E-state index is 4.64. The third-order valence-corrected chi connectivity index (χ3v) is 2.16. The Morgan fingerprint density at radius 2 is 2.47 bits per heavy atom. The van der Waals surface area contributed by atoms with Crippen molar-refractivity contribution >= 4 is 0 Å². The molecule has 2 heterocycles. The highest BCUT2D eigenvalue weighted by atomic mass is 16.5. The van der Waals surface area contributed by atoms with Gasteiger partial charge in [0.1, 0.15) is 0 Å². The van der Waals surface area contributed by atoms with Gasteiger partial charge in [0.2, 0.25) is 6.39 Å². The summed E-state index contributed by atoms with van der Waals surface area (Å²) in [4.78, 5) is 7.99. The predicted molar refractivity (Wildman–Crippen MR) is 53.8 cm³/mol. The first-order valence-corrected chi connectivity index (χ1v) is 4.75. The van der Waals surface area contributed by atoms with Crippen molar-refractivity contribution in [1.29, 1.82) is 0 Å². The number of nitrogens with one attached hydrogen (secondary N) is 1. The van der Waals surface area contributed by atoms with Crippen LogP contribution >= 0.6 is 0 Å². The molecule has 15 heavy (non-hydrogen) atoms. The van der Waals surface area contributed by atoms with Gasteiger partial charge in [0.15, 0.2) is 5.82 Å². The summed E-state index contributed by atoms with van der Waals surface area (Å²) in [5.41, 5.74) is 1.14. The zero-order valence-electron chi connectivity index (χ0n) is 8.42. The van der Waals surface area contributed by atoms with Crippen LogP contribution in [0.5, 0.6) is 0 Å². The average molecular weight is 204 g/mol. The second-order valence-electron chi connectivity index (χ2n) is 3.24. The number of pyridine rings is 1. The molecule has 5 heteroatoms. The van der Waals surface area contributed by atoms with Crippen LogP contribution in [0.3, 0.4) is 0 Å². The predicted octanol–water partition coefficient (Wildman–Crippen LogP) is 1.32. The number of rotatable bonds is 4. The number of nitrogens with zero attached hydrogens (tertiary/aromatic N) is 3. The van der Waals surface area contributed by atoms with E-state index < -0.39 is 0 Å². The Bertz CT molecular complexity index is 387. The molecule has 0 amide bonds. The van der Waals surface area contributed by atoms with Crippen molar-refractivity contribution < 1.29 is 4.52 Å². The fourth-order valence-corrected chi connectivity index (χ4v) is 1.26. The van der Waals surface area contributed by atoms with Gasteiger partial charge in [-0.05, 0) is 18.6 Å². The van der Waals surface area contributed by atoms with E-state index in [1.54, 1.807) is 6.20 Å². The Balaban J connectivity index is 1.90. The van der Waals surface area contributed by atoms with E-state index in [2.05, 4.69) is 31.9 Å². The minimum absolute atomic E-state index is 0.220. The molecule has 0 aliphatic carbocycles. The highest BCUT2D eigenvalue weighted by Gasteiger charge is 2.05. The van der Waals surface area contributed by atoms with Crippen LogP contribution in [0.4, 0.5) is 0 Å². The molecule has 0 saturated carbocycles. The van der Waals surface area contributed by atoms with E-state index in [-0.39, 0.29) is 6.04 Å². The van der Waals surface area contributed by atoms with E-state index in [1.165, 1.54) is 6.39 Å². The zero-order valence-corrected chi connectivity index (χ0v) is 8.42. The Morgan fingerprint density at radius 3 is 3.13 bits per heavy atom. The molecule has 2 aromatic rings. The third-order valence-electron chi connectivity index (χ3n) is 2.16. The second kappa shape index (κ2) is 4.65. The van der Waals surface area contributed by atoms with Gasteiger partial charge in [0.05, 0.1) is 6.54 Å². The summed E-state index contributed by atoms with van der Waals surface area (Å²) in [6, 6.07) is 4.17. The van der Waals surface area contributed by atoms with E-state index in [0.29, 0.717) is 12.4 Å². The van der Waals surface area contributed by atoms with Crippen LogP contribution < -0.4 is 5.32 Å². The Morgan fingerprint density at radius 1 is 1.53 bits per heavy atom. The van der Waals surface area contributed by atoms with E-state index in [0.717, 1.165) is 5.56 Å². The quantitative estimate of drug-likeness (QED) is 0.813. The summed E-state index contributed by atoms with van der Waals surface area (Å²) in [5, 5.41) is 6.99. The molecule has 0 aliphatic heterocycles. The highest BCUT2D eigenvalue weighted by molar-refractivity contribution is 5.12. The fourth-order valence-electron chi connectivity index (χ4n) is 1.26. The summed E-state index contributed by atoms with van der Waals surface area (Å²) >= 11 is 0. The van der Waals surface area contributed by atoms with Crippen molar-refractivity contribution in [2.24, 2.45) is 0 Å². The molecule has 0 aliphatic rings. The zero-order chi connectivity index (χ0) is 10.5. The molecule has 1 unspecified atom stereocenters. The molecule has 0 radical (unpaired) electrons. The molecular formula is C10H12N4O. The van der Waals surface area contributed by atoms with Gasteiger partial charge in [0.25, 0.3) is 0 Å². The largest absolute Gasteiger partial charge is 0.343 e. The van der Waals surface area contributed by atoms with Gasteiger partial charge in [0, 0.05) is 18.4 Å². The minimum atomic E-state index is 0.220. The van der Waals surface area contributed by atoms with Crippen LogP contribution in [-0.4, -0.2) is 15.1 Å².